The third-order valence-electron chi connectivity index (χ3n) is 8.16. The average Bonchev–Trinajstić information content (AvgIpc) is 3.16. The number of hydrogen-bond donors (Lipinski definition) is 0. The minimum absolute atomic E-state index is 0.101. The van der Waals surface area contributed by atoms with Gasteiger partial charge in [0.1, 0.15) is 11.6 Å². The Hall–Kier alpha value is -3.92. The van der Waals surface area contributed by atoms with E-state index in [1.165, 1.54) is 36.4 Å². The summed E-state index contributed by atoms with van der Waals surface area (Å²) in [4.78, 5) is 27.6. The number of hydrogen-bond acceptors (Lipinski definition) is 2. The first kappa shape index (κ1) is 29.1. The number of carbonyl (C=O) groups is 2. The van der Waals surface area contributed by atoms with E-state index in [0.717, 1.165) is 28.7 Å². The lowest BCUT2D eigenvalue weighted by molar-refractivity contribution is 0.0961. The molecule has 40 heavy (non-hydrogen) atoms. The quantitative estimate of drug-likeness (QED) is 0.268. The molecule has 0 saturated carbocycles. The molecule has 4 heteroatoms. The van der Waals surface area contributed by atoms with E-state index in [-0.39, 0.29) is 17.0 Å². The second-order valence-electron chi connectivity index (χ2n) is 11.7. The molecule has 0 amide bonds. The number of carbonyl (C=O) groups excluding carboxylic acids is 2. The molecule has 4 rings (SSSR count). The van der Waals surface area contributed by atoms with Crippen molar-refractivity contribution in [1.82, 2.24) is 0 Å². The van der Waals surface area contributed by atoms with Crippen molar-refractivity contribution in [3.05, 3.63) is 142 Å². The summed E-state index contributed by atoms with van der Waals surface area (Å²) >= 11 is 0. The summed E-state index contributed by atoms with van der Waals surface area (Å²) in [6, 6.07) is 17.4. The van der Waals surface area contributed by atoms with Crippen LogP contribution in [0.1, 0.15) is 89.6 Å². The van der Waals surface area contributed by atoms with Crippen molar-refractivity contribution in [2.75, 3.05) is 0 Å². The Balaban J connectivity index is 1.85. The van der Waals surface area contributed by atoms with E-state index < -0.39 is 23.0 Å². The fraction of sp³-hybridized carbons (Fsp3) is 0.278. The lowest BCUT2D eigenvalue weighted by Crippen LogP contribution is -2.26. The molecule has 0 N–H and O–H groups in total. The normalized spacial score (nSPS) is 15.5. The highest BCUT2D eigenvalue weighted by molar-refractivity contribution is 6.10. The van der Waals surface area contributed by atoms with Crippen LogP contribution in [-0.4, -0.2) is 11.6 Å². The molecule has 0 radical (unpaired) electrons. The molecule has 0 saturated heterocycles. The Labute approximate surface area is 236 Å². The molecule has 0 aromatic heterocycles. The van der Waals surface area contributed by atoms with Gasteiger partial charge in [0.2, 0.25) is 0 Å². The number of benzene rings is 3. The van der Waals surface area contributed by atoms with Crippen molar-refractivity contribution in [2.24, 2.45) is 5.92 Å². The van der Waals surface area contributed by atoms with Crippen LogP contribution < -0.4 is 0 Å². The number of aryl methyl sites for hydroxylation is 1. The van der Waals surface area contributed by atoms with E-state index in [1.54, 1.807) is 18.2 Å². The maximum absolute atomic E-state index is 14.0. The highest BCUT2D eigenvalue weighted by Gasteiger charge is 2.33. The van der Waals surface area contributed by atoms with Gasteiger partial charge in [-0.2, -0.15) is 0 Å². The Morgan fingerprint density at radius 2 is 1.50 bits per heavy atom. The minimum atomic E-state index is -0.647. The molecule has 3 aromatic rings. The van der Waals surface area contributed by atoms with Crippen LogP contribution in [0.15, 0.2) is 96.9 Å². The number of rotatable bonds is 8. The molecule has 0 heterocycles. The maximum Gasteiger partial charge on any atom is 0.193 e. The molecule has 206 valence electrons. The molecule has 1 atom stereocenters. The molecule has 0 aliphatic heterocycles. The summed E-state index contributed by atoms with van der Waals surface area (Å²) in [5, 5.41) is 0. The van der Waals surface area contributed by atoms with Crippen molar-refractivity contribution >= 4 is 11.6 Å². The summed E-state index contributed by atoms with van der Waals surface area (Å²) in [5.74, 6) is -1.67. The van der Waals surface area contributed by atoms with Crippen molar-refractivity contribution in [2.45, 2.75) is 58.8 Å². The molecule has 2 nitrogen and oxygen atoms in total. The van der Waals surface area contributed by atoms with Crippen molar-refractivity contribution in [3.8, 4) is 0 Å². The summed E-state index contributed by atoms with van der Waals surface area (Å²) in [5.41, 5.74) is 4.21. The van der Waals surface area contributed by atoms with Gasteiger partial charge in [-0.25, -0.2) is 8.78 Å². The van der Waals surface area contributed by atoms with Gasteiger partial charge < -0.3 is 0 Å². The Morgan fingerprint density at radius 3 is 2.17 bits per heavy atom. The zero-order valence-electron chi connectivity index (χ0n) is 24.0. The topological polar surface area (TPSA) is 34.1 Å². The number of allylic oxidation sites excluding steroid dienone is 6. The van der Waals surface area contributed by atoms with Gasteiger partial charge in [-0.05, 0) is 84.0 Å². The molecular formula is C36H36F2O2. The summed E-state index contributed by atoms with van der Waals surface area (Å²) in [6.45, 7) is 12.3. The van der Waals surface area contributed by atoms with Crippen LogP contribution in [0.3, 0.4) is 0 Å². The first-order valence-corrected chi connectivity index (χ1v) is 13.7. The Bertz CT molecular complexity index is 1540. The summed E-state index contributed by atoms with van der Waals surface area (Å²) < 4.78 is 27.4. The van der Waals surface area contributed by atoms with E-state index in [1.807, 2.05) is 57.2 Å². The second-order valence-corrected chi connectivity index (χ2v) is 11.7. The average molecular weight is 539 g/mol. The van der Waals surface area contributed by atoms with Gasteiger partial charge in [0.25, 0.3) is 0 Å². The minimum Gasteiger partial charge on any atom is -0.293 e. The van der Waals surface area contributed by atoms with Gasteiger partial charge in [-0.15, -0.1) is 0 Å². The maximum atomic E-state index is 14.0. The third kappa shape index (κ3) is 5.82. The molecule has 0 bridgehead atoms. The Kier molecular flexibility index (Phi) is 8.20. The molecule has 1 aliphatic rings. The van der Waals surface area contributed by atoms with Crippen molar-refractivity contribution < 1.29 is 18.4 Å². The fourth-order valence-electron chi connectivity index (χ4n) is 5.16. The molecule has 3 aromatic carbocycles. The first-order chi connectivity index (χ1) is 18.8. The monoisotopic (exact) mass is 538 g/mol. The first-order valence-electron chi connectivity index (χ1n) is 13.7. The van der Waals surface area contributed by atoms with Gasteiger partial charge in [0, 0.05) is 22.1 Å². The van der Waals surface area contributed by atoms with Crippen LogP contribution in [-0.2, 0) is 10.8 Å². The smallest absolute Gasteiger partial charge is 0.193 e. The summed E-state index contributed by atoms with van der Waals surface area (Å²) in [7, 11) is 0. The van der Waals surface area contributed by atoms with Crippen LogP contribution in [0, 0.1) is 18.7 Å². The van der Waals surface area contributed by atoms with Crippen LogP contribution in [0.4, 0.5) is 8.78 Å². The zero-order valence-corrected chi connectivity index (χ0v) is 24.0. The predicted octanol–water partition coefficient (Wildman–Crippen LogP) is 9.16. The van der Waals surface area contributed by atoms with Gasteiger partial charge >= 0.3 is 0 Å². The lowest BCUT2D eigenvalue weighted by atomic mass is 9.71. The second kappa shape index (κ2) is 11.3. The van der Waals surface area contributed by atoms with Crippen LogP contribution in [0.25, 0.3) is 0 Å². The fourth-order valence-corrected chi connectivity index (χ4v) is 5.16. The third-order valence-corrected chi connectivity index (χ3v) is 8.16. The van der Waals surface area contributed by atoms with E-state index in [9.17, 15) is 18.4 Å². The highest BCUT2D eigenvalue weighted by atomic mass is 19.1. The van der Waals surface area contributed by atoms with E-state index in [2.05, 4.69) is 20.8 Å². The largest absolute Gasteiger partial charge is 0.293 e. The predicted molar refractivity (Wildman–Crippen MR) is 158 cm³/mol. The number of Topliss-reactive ketones (excluding diaryl/α,β-unsaturated/α-hetero) is 1. The standard InChI is InChI=1S/C36H36F2O2/c1-7-35(3,4)31-20-15-26(22-30(31)33(39)24-9-8-10-27(37)16-12-24)36(5,6)32-19-11-23(2)21-29(32)34(40)25-13-17-28(38)18-14-25/h8-22,24H,7H2,1-6H3. The van der Waals surface area contributed by atoms with Crippen LogP contribution in [0.2, 0.25) is 0 Å². The number of halogens is 2. The molecule has 1 unspecified atom stereocenters. The molecular weight excluding hydrogens is 502 g/mol. The van der Waals surface area contributed by atoms with Crippen molar-refractivity contribution in [3.63, 3.8) is 0 Å². The number of ketones is 2. The van der Waals surface area contributed by atoms with Crippen LogP contribution in [0.5, 0.6) is 0 Å². The zero-order chi connectivity index (χ0) is 29.2. The molecule has 1 aliphatic carbocycles. The van der Waals surface area contributed by atoms with E-state index in [4.69, 9.17) is 0 Å². The van der Waals surface area contributed by atoms with Gasteiger partial charge in [0.15, 0.2) is 11.6 Å². The molecule has 0 fully saturated rings. The summed E-state index contributed by atoms with van der Waals surface area (Å²) in [6.07, 6.45) is 8.40. The van der Waals surface area contributed by atoms with E-state index >= 15 is 0 Å². The SMILES string of the molecule is CCC(C)(C)c1ccc(C(C)(C)c2ccc(C)cc2C(=O)c2ccc(F)cc2)cc1C(=O)C1C=CC=C(F)C=C1. The van der Waals surface area contributed by atoms with Gasteiger partial charge in [-0.3, -0.25) is 9.59 Å². The van der Waals surface area contributed by atoms with E-state index in [0.29, 0.717) is 16.7 Å². The Morgan fingerprint density at radius 1 is 0.825 bits per heavy atom. The van der Waals surface area contributed by atoms with Gasteiger partial charge in [-0.1, -0.05) is 82.7 Å². The molecule has 0 spiro atoms. The van der Waals surface area contributed by atoms with Gasteiger partial charge in [0.05, 0.1) is 5.92 Å². The van der Waals surface area contributed by atoms with Crippen LogP contribution >= 0.6 is 0 Å². The van der Waals surface area contributed by atoms with Crippen molar-refractivity contribution in [1.29, 1.82) is 0 Å². The lowest BCUT2D eigenvalue weighted by Gasteiger charge is -2.32. The highest BCUT2D eigenvalue weighted by Crippen LogP contribution is 2.39.